The fourth-order valence-corrected chi connectivity index (χ4v) is 3.80. The molecule has 0 amide bonds. The van der Waals surface area contributed by atoms with Crippen LogP contribution in [0.3, 0.4) is 0 Å². The molecule has 1 rings (SSSR count). The Kier molecular flexibility index (Phi) is 10.8. The van der Waals surface area contributed by atoms with E-state index in [9.17, 15) is 20.1 Å². The van der Waals surface area contributed by atoms with Crippen LogP contribution in [-0.2, 0) is 4.79 Å². The van der Waals surface area contributed by atoms with Gasteiger partial charge in [-0.15, -0.1) is 0 Å². The number of hydrogen-bond acceptors (Lipinski definition) is 4. The van der Waals surface area contributed by atoms with Gasteiger partial charge in [0.2, 0.25) is 0 Å². The van der Waals surface area contributed by atoms with Crippen LogP contribution in [0, 0.1) is 11.8 Å². The molecule has 0 aromatic heterocycles. The van der Waals surface area contributed by atoms with Crippen molar-refractivity contribution < 1.29 is 25.2 Å². The zero-order valence-electron chi connectivity index (χ0n) is 16.2. The van der Waals surface area contributed by atoms with Crippen molar-refractivity contribution in [2.75, 3.05) is 0 Å². The van der Waals surface area contributed by atoms with Gasteiger partial charge in [-0.1, -0.05) is 43.6 Å². The molecule has 0 spiro atoms. The van der Waals surface area contributed by atoms with E-state index in [1.165, 1.54) is 6.42 Å². The summed E-state index contributed by atoms with van der Waals surface area (Å²) in [6, 6.07) is 0. The predicted molar refractivity (Wildman–Crippen MR) is 103 cm³/mol. The van der Waals surface area contributed by atoms with E-state index in [4.69, 9.17) is 5.11 Å². The standard InChI is InChI=1S/C21H36O5/c1-3-4-7-10-15(2)13-18(23)21-16(17(22)14-19(21)24)11-8-5-6-9-12-20(25)26/h5,8,13,16-19,21-24H,3-4,6-7,9-12,14H2,1-2H3,(H,25,26)/b8-5-,15-13+/t16-,17-,18?,19+,21-/m0/s1. The molecular formula is C21H36O5. The Labute approximate surface area is 157 Å². The molecule has 150 valence electrons. The lowest BCUT2D eigenvalue weighted by atomic mass is 9.85. The van der Waals surface area contributed by atoms with Gasteiger partial charge >= 0.3 is 5.97 Å². The average Bonchev–Trinajstić information content (AvgIpc) is 2.84. The highest BCUT2D eigenvalue weighted by Gasteiger charge is 2.44. The number of aliphatic hydroxyl groups is 3. The zero-order chi connectivity index (χ0) is 19.5. The minimum atomic E-state index is -0.794. The van der Waals surface area contributed by atoms with Gasteiger partial charge in [-0.3, -0.25) is 4.79 Å². The summed E-state index contributed by atoms with van der Waals surface area (Å²) in [5.74, 6) is -1.35. The minimum Gasteiger partial charge on any atom is -0.481 e. The summed E-state index contributed by atoms with van der Waals surface area (Å²) in [5, 5.41) is 39.8. The zero-order valence-corrected chi connectivity index (χ0v) is 16.2. The van der Waals surface area contributed by atoms with E-state index in [1.54, 1.807) is 0 Å². The Bertz CT molecular complexity index is 471. The van der Waals surface area contributed by atoms with E-state index in [1.807, 2.05) is 25.2 Å². The summed E-state index contributed by atoms with van der Waals surface area (Å²) in [7, 11) is 0. The summed E-state index contributed by atoms with van der Waals surface area (Å²) >= 11 is 0. The van der Waals surface area contributed by atoms with Gasteiger partial charge in [-0.2, -0.15) is 0 Å². The van der Waals surface area contributed by atoms with Gasteiger partial charge in [0.15, 0.2) is 0 Å². The molecule has 1 aliphatic rings. The smallest absolute Gasteiger partial charge is 0.303 e. The summed E-state index contributed by atoms with van der Waals surface area (Å²) in [6.45, 7) is 4.16. The maximum Gasteiger partial charge on any atom is 0.303 e. The Balaban J connectivity index is 2.58. The Morgan fingerprint density at radius 1 is 1.12 bits per heavy atom. The van der Waals surface area contributed by atoms with E-state index in [-0.39, 0.29) is 18.3 Å². The SMILES string of the molecule is CCCCC/C(C)=C/C(O)[C@@H]1[C@@H](C/C=C\CCCC(=O)O)[C@@H](O)C[C@H]1O. The molecule has 0 bridgehead atoms. The minimum absolute atomic E-state index is 0.151. The quantitative estimate of drug-likeness (QED) is 0.312. The van der Waals surface area contributed by atoms with Crippen LogP contribution in [0.1, 0.15) is 71.6 Å². The van der Waals surface area contributed by atoms with Crippen LogP contribution in [0.15, 0.2) is 23.8 Å². The molecule has 4 N–H and O–H groups in total. The van der Waals surface area contributed by atoms with Crippen LogP contribution >= 0.6 is 0 Å². The average molecular weight is 369 g/mol. The van der Waals surface area contributed by atoms with E-state index in [0.29, 0.717) is 25.7 Å². The molecule has 1 fully saturated rings. The molecule has 1 aliphatic carbocycles. The fraction of sp³-hybridized carbons (Fsp3) is 0.762. The Hall–Kier alpha value is -1.17. The van der Waals surface area contributed by atoms with Gasteiger partial charge in [0.05, 0.1) is 18.3 Å². The second-order valence-electron chi connectivity index (χ2n) is 7.57. The predicted octanol–water partition coefficient (Wildman–Crippen LogP) is 3.43. The molecule has 0 aromatic rings. The van der Waals surface area contributed by atoms with Gasteiger partial charge in [0.25, 0.3) is 0 Å². The molecule has 1 saturated carbocycles. The maximum absolute atomic E-state index is 10.6. The monoisotopic (exact) mass is 368 g/mol. The third-order valence-corrected chi connectivity index (χ3v) is 5.28. The first-order chi connectivity index (χ1) is 12.4. The lowest BCUT2D eigenvalue weighted by molar-refractivity contribution is -0.137. The lowest BCUT2D eigenvalue weighted by Gasteiger charge is -2.26. The van der Waals surface area contributed by atoms with Crippen LogP contribution in [0.4, 0.5) is 0 Å². The van der Waals surface area contributed by atoms with Crippen molar-refractivity contribution in [1.29, 1.82) is 0 Å². The van der Waals surface area contributed by atoms with E-state index >= 15 is 0 Å². The third-order valence-electron chi connectivity index (χ3n) is 5.28. The third kappa shape index (κ3) is 8.02. The normalized spacial score (nSPS) is 28.0. The van der Waals surface area contributed by atoms with Gasteiger partial charge in [-0.25, -0.2) is 0 Å². The number of allylic oxidation sites excluding steroid dienone is 3. The van der Waals surface area contributed by atoms with Crippen LogP contribution in [0.5, 0.6) is 0 Å². The number of carboxylic acids is 1. The molecule has 1 unspecified atom stereocenters. The lowest BCUT2D eigenvalue weighted by Crippen LogP contribution is -2.32. The highest BCUT2D eigenvalue weighted by Crippen LogP contribution is 2.38. The fourth-order valence-electron chi connectivity index (χ4n) is 3.80. The molecule has 0 heterocycles. The van der Waals surface area contributed by atoms with Crippen molar-refractivity contribution in [2.45, 2.75) is 89.9 Å². The van der Waals surface area contributed by atoms with Gasteiger partial charge in [0.1, 0.15) is 0 Å². The van der Waals surface area contributed by atoms with Gasteiger partial charge < -0.3 is 20.4 Å². The van der Waals surface area contributed by atoms with Crippen molar-refractivity contribution >= 4 is 5.97 Å². The number of carboxylic acid groups (broad SMARTS) is 1. The van der Waals surface area contributed by atoms with Crippen LogP contribution in [-0.4, -0.2) is 44.7 Å². The molecule has 0 saturated heterocycles. The van der Waals surface area contributed by atoms with Crippen LogP contribution in [0.2, 0.25) is 0 Å². The van der Waals surface area contributed by atoms with Crippen molar-refractivity contribution in [3.63, 3.8) is 0 Å². The van der Waals surface area contributed by atoms with Crippen molar-refractivity contribution in [3.05, 3.63) is 23.8 Å². The molecule has 5 nitrogen and oxygen atoms in total. The molecule has 0 radical (unpaired) electrons. The molecule has 5 heteroatoms. The topological polar surface area (TPSA) is 98.0 Å². The number of aliphatic carboxylic acids is 1. The second kappa shape index (κ2) is 12.3. The summed E-state index contributed by atoms with van der Waals surface area (Å²) in [4.78, 5) is 10.5. The van der Waals surface area contributed by atoms with E-state index in [2.05, 4.69) is 6.92 Å². The highest BCUT2D eigenvalue weighted by molar-refractivity contribution is 5.66. The summed E-state index contributed by atoms with van der Waals surface area (Å²) in [5.41, 5.74) is 1.13. The van der Waals surface area contributed by atoms with Crippen molar-refractivity contribution in [2.24, 2.45) is 11.8 Å². The van der Waals surface area contributed by atoms with Crippen LogP contribution in [0.25, 0.3) is 0 Å². The van der Waals surface area contributed by atoms with E-state index < -0.39 is 24.3 Å². The largest absolute Gasteiger partial charge is 0.481 e. The number of aliphatic hydroxyl groups excluding tert-OH is 3. The Morgan fingerprint density at radius 2 is 1.85 bits per heavy atom. The number of hydrogen-bond donors (Lipinski definition) is 4. The van der Waals surface area contributed by atoms with Crippen LogP contribution < -0.4 is 0 Å². The molecule has 26 heavy (non-hydrogen) atoms. The first-order valence-corrected chi connectivity index (χ1v) is 9.95. The van der Waals surface area contributed by atoms with Gasteiger partial charge in [-0.05, 0) is 51.4 Å². The maximum atomic E-state index is 10.6. The second-order valence-corrected chi connectivity index (χ2v) is 7.57. The van der Waals surface area contributed by atoms with Gasteiger partial charge in [0, 0.05) is 12.3 Å². The summed E-state index contributed by atoms with van der Waals surface area (Å²) < 4.78 is 0. The Morgan fingerprint density at radius 3 is 2.50 bits per heavy atom. The van der Waals surface area contributed by atoms with E-state index in [0.717, 1.165) is 24.8 Å². The van der Waals surface area contributed by atoms with Crippen molar-refractivity contribution in [1.82, 2.24) is 0 Å². The first kappa shape index (κ1) is 22.9. The summed E-state index contributed by atoms with van der Waals surface area (Å²) in [6.07, 6.45) is 10.3. The molecule has 0 aromatic carbocycles. The molecular weight excluding hydrogens is 332 g/mol. The molecule has 5 atom stereocenters. The molecule has 0 aliphatic heterocycles. The van der Waals surface area contributed by atoms with Crippen molar-refractivity contribution in [3.8, 4) is 0 Å². The number of carbonyl (C=O) groups is 1. The highest BCUT2D eigenvalue weighted by atomic mass is 16.4. The first-order valence-electron chi connectivity index (χ1n) is 9.95. The number of rotatable bonds is 12. The number of unbranched alkanes of at least 4 members (excludes halogenated alkanes) is 3.